The zero-order valence-electron chi connectivity index (χ0n) is 12.5. The van der Waals surface area contributed by atoms with Gasteiger partial charge >= 0.3 is 0 Å². The van der Waals surface area contributed by atoms with E-state index in [1.54, 1.807) is 0 Å². The molecule has 106 valence electrons. The Labute approximate surface area is 129 Å². The standard InChI is InChI=1S/C19H19NS/c1-13-4-3-5-16-17(13)11-20(2)12-18(16)14-6-7-19-15(10-14)8-9-21-19/h3-10,18H,11-12H2,1-2H3. The van der Waals surface area contributed by atoms with Crippen molar-refractivity contribution in [3.63, 3.8) is 0 Å². The molecular weight excluding hydrogens is 274 g/mol. The van der Waals surface area contributed by atoms with Crippen LogP contribution in [0.3, 0.4) is 0 Å². The number of rotatable bonds is 1. The Morgan fingerprint density at radius 3 is 2.95 bits per heavy atom. The Kier molecular flexibility index (Phi) is 3.09. The Balaban J connectivity index is 1.86. The van der Waals surface area contributed by atoms with Gasteiger partial charge in [0.25, 0.3) is 0 Å². The fourth-order valence-electron chi connectivity index (χ4n) is 3.50. The molecule has 2 heteroatoms. The number of fused-ring (bicyclic) bond motifs is 2. The molecular formula is C19H19NS. The third-order valence-corrected chi connectivity index (χ3v) is 5.52. The van der Waals surface area contributed by atoms with Gasteiger partial charge in [0.2, 0.25) is 0 Å². The molecule has 0 N–H and O–H groups in total. The second-order valence-electron chi connectivity index (χ2n) is 6.11. The average molecular weight is 293 g/mol. The van der Waals surface area contributed by atoms with Crippen LogP contribution in [0.2, 0.25) is 0 Å². The van der Waals surface area contributed by atoms with Crippen LogP contribution in [0.4, 0.5) is 0 Å². The largest absolute Gasteiger partial charge is 0.301 e. The van der Waals surface area contributed by atoms with Crippen molar-refractivity contribution in [1.82, 2.24) is 4.90 Å². The summed E-state index contributed by atoms with van der Waals surface area (Å²) < 4.78 is 1.38. The molecule has 1 aliphatic heterocycles. The summed E-state index contributed by atoms with van der Waals surface area (Å²) in [5, 5.41) is 3.56. The van der Waals surface area contributed by atoms with Gasteiger partial charge in [-0.25, -0.2) is 0 Å². The van der Waals surface area contributed by atoms with Crippen molar-refractivity contribution in [2.75, 3.05) is 13.6 Å². The van der Waals surface area contributed by atoms with Crippen LogP contribution < -0.4 is 0 Å². The molecule has 0 saturated heterocycles. The quantitative estimate of drug-likeness (QED) is 0.623. The molecule has 0 spiro atoms. The van der Waals surface area contributed by atoms with Gasteiger partial charge in [0.05, 0.1) is 0 Å². The minimum atomic E-state index is 0.489. The van der Waals surface area contributed by atoms with Crippen molar-refractivity contribution < 1.29 is 0 Å². The number of nitrogens with zero attached hydrogens (tertiary/aromatic N) is 1. The Hall–Kier alpha value is -1.64. The van der Waals surface area contributed by atoms with Crippen LogP contribution in [0.5, 0.6) is 0 Å². The lowest BCUT2D eigenvalue weighted by molar-refractivity contribution is 0.294. The normalized spacial score (nSPS) is 18.9. The van der Waals surface area contributed by atoms with E-state index < -0.39 is 0 Å². The molecule has 1 aliphatic rings. The molecule has 0 amide bonds. The number of thiophene rings is 1. The van der Waals surface area contributed by atoms with Crippen LogP contribution in [-0.4, -0.2) is 18.5 Å². The van der Waals surface area contributed by atoms with Crippen LogP contribution in [-0.2, 0) is 6.54 Å². The highest BCUT2D eigenvalue weighted by atomic mass is 32.1. The van der Waals surface area contributed by atoms with Crippen molar-refractivity contribution in [3.05, 3.63) is 70.1 Å². The van der Waals surface area contributed by atoms with Gasteiger partial charge in [-0.3, -0.25) is 0 Å². The summed E-state index contributed by atoms with van der Waals surface area (Å²) in [6.45, 7) is 4.41. The molecule has 0 bridgehead atoms. The van der Waals surface area contributed by atoms with E-state index in [-0.39, 0.29) is 0 Å². The lowest BCUT2D eigenvalue weighted by Crippen LogP contribution is -2.31. The molecule has 2 heterocycles. The monoisotopic (exact) mass is 293 g/mol. The minimum absolute atomic E-state index is 0.489. The van der Waals surface area contributed by atoms with E-state index in [0.717, 1.165) is 13.1 Å². The summed E-state index contributed by atoms with van der Waals surface area (Å²) in [4.78, 5) is 2.44. The van der Waals surface area contributed by atoms with Gasteiger partial charge in [-0.05, 0) is 65.2 Å². The highest BCUT2D eigenvalue weighted by Crippen LogP contribution is 2.36. The third kappa shape index (κ3) is 2.19. The van der Waals surface area contributed by atoms with E-state index >= 15 is 0 Å². The molecule has 0 saturated carbocycles. The van der Waals surface area contributed by atoms with Gasteiger partial charge in [0.15, 0.2) is 0 Å². The molecule has 0 aliphatic carbocycles. The van der Waals surface area contributed by atoms with E-state index in [9.17, 15) is 0 Å². The SMILES string of the molecule is Cc1cccc2c1CN(C)CC2c1ccc2sccc2c1. The molecule has 1 unspecified atom stereocenters. The number of likely N-dealkylation sites (N-methyl/N-ethyl adjacent to an activating group) is 1. The van der Waals surface area contributed by atoms with Gasteiger partial charge < -0.3 is 4.90 Å². The molecule has 21 heavy (non-hydrogen) atoms. The van der Waals surface area contributed by atoms with Gasteiger partial charge in [-0.15, -0.1) is 11.3 Å². The van der Waals surface area contributed by atoms with Crippen molar-refractivity contribution in [1.29, 1.82) is 0 Å². The Morgan fingerprint density at radius 1 is 1.14 bits per heavy atom. The maximum Gasteiger partial charge on any atom is 0.0342 e. The summed E-state index contributed by atoms with van der Waals surface area (Å²) in [5.74, 6) is 0.489. The summed E-state index contributed by atoms with van der Waals surface area (Å²) in [5.41, 5.74) is 5.89. The van der Waals surface area contributed by atoms with Crippen molar-refractivity contribution in [3.8, 4) is 0 Å². The van der Waals surface area contributed by atoms with Gasteiger partial charge in [-0.2, -0.15) is 0 Å². The lowest BCUT2D eigenvalue weighted by atomic mass is 9.83. The summed E-state index contributed by atoms with van der Waals surface area (Å²) in [7, 11) is 2.23. The fraction of sp³-hybridized carbons (Fsp3) is 0.263. The molecule has 0 radical (unpaired) electrons. The van der Waals surface area contributed by atoms with Gasteiger partial charge in [0, 0.05) is 23.7 Å². The van der Waals surface area contributed by atoms with E-state index in [4.69, 9.17) is 0 Å². The number of aryl methyl sites for hydroxylation is 1. The molecule has 0 fully saturated rings. The predicted molar refractivity (Wildman–Crippen MR) is 91.2 cm³/mol. The first-order chi connectivity index (χ1) is 10.2. The Morgan fingerprint density at radius 2 is 2.05 bits per heavy atom. The summed E-state index contributed by atoms with van der Waals surface area (Å²) in [6.07, 6.45) is 0. The van der Waals surface area contributed by atoms with E-state index in [1.807, 2.05) is 11.3 Å². The maximum atomic E-state index is 2.44. The summed E-state index contributed by atoms with van der Waals surface area (Å²) in [6, 6.07) is 16.0. The third-order valence-electron chi connectivity index (χ3n) is 4.62. The van der Waals surface area contributed by atoms with E-state index in [0.29, 0.717) is 5.92 Å². The molecule has 1 nitrogen and oxygen atoms in total. The first kappa shape index (κ1) is 13.1. The highest BCUT2D eigenvalue weighted by molar-refractivity contribution is 7.17. The summed E-state index contributed by atoms with van der Waals surface area (Å²) >= 11 is 1.82. The molecule has 2 aromatic carbocycles. The first-order valence-electron chi connectivity index (χ1n) is 7.46. The van der Waals surface area contributed by atoms with Crippen LogP contribution >= 0.6 is 11.3 Å². The van der Waals surface area contributed by atoms with Gasteiger partial charge in [-0.1, -0.05) is 24.3 Å². The molecule has 1 aromatic heterocycles. The smallest absolute Gasteiger partial charge is 0.0342 e. The van der Waals surface area contributed by atoms with Crippen LogP contribution in [0, 0.1) is 6.92 Å². The fourth-order valence-corrected chi connectivity index (χ4v) is 4.27. The predicted octanol–water partition coefficient (Wildman–Crippen LogP) is 4.79. The zero-order valence-corrected chi connectivity index (χ0v) is 13.3. The second kappa shape index (κ2) is 4.97. The lowest BCUT2D eigenvalue weighted by Gasteiger charge is -2.33. The minimum Gasteiger partial charge on any atom is -0.301 e. The first-order valence-corrected chi connectivity index (χ1v) is 8.34. The van der Waals surface area contributed by atoms with Crippen molar-refractivity contribution >= 4 is 21.4 Å². The maximum absolute atomic E-state index is 2.44. The van der Waals surface area contributed by atoms with Crippen molar-refractivity contribution in [2.45, 2.75) is 19.4 Å². The van der Waals surface area contributed by atoms with E-state index in [2.05, 4.69) is 66.7 Å². The number of hydrogen-bond donors (Lipinski definition) is 0. The van der Waals surface area contributed by atoms with Crippen LogP contribution in [0.25, 0.3) is 10.1 Å². The Bertz CT molecular complexity index is 802. The van der Waals surface area contributed by atoms with E-state index in [1.165, 1.54) is 32.3 Å². The average Bonchev–Trinajstić information content (AvgIpc) is 2.95. The topological polar surface area (TPSA) is 3.24 Å². The zero-order chi connectivity index (χ0) is 14.4. The van der Waals surface area contributed by atoms with Crippen LogP contribution in [0.1, 0.15) is 28.2 Å². The molecule has 4 rings (SSSR count). The number of benzene rings is 2. The van der Waals surface area contributed by atoms with Crippen LogP contribution in [0.15, 0.2) is 47.8 Å². The molecule has 1 atom stereocenters. The molecule has 3 aromatic rings. The van der Waals surface area contributed by atoms with Crippen molar-refractivity contribution in [2.24, 2.45) is 0 Å². The number of hydrogen-bond acceptors (Lipinski definition) is 2. The second-order valence-corrected chi connectivity index (χ2v) is 7.06. The van der Waals surface area contributed by atoms with Gasteiger partial charge in [0.1, 0.15) is 0 Å². The highest BCUT2D eigenvalue weighted by Gasteiger charge is 2.25.